The maximum absolute atomic E-state index is 12.0. The minimum absolute atomic E-state index is 0.0920. The van der Waals surface area contributed by atoms with Gasteiger partial charge in [0.2, 0.25) is 5.91 Å². The molecule has 0 radical (unpaired) electrons. The van der Waals surface area contributed by atoms with Crippen molar-refractivity contribution in [3.8, 4) is 0 Å². The van der Waals surface area contributed by atoms with Gasteiger partial charge < -0.3 is 10.1 Å². The number of ether oxygens (including phenoxy) is 1. The van der Waals surface area contributed by atoms with Crippen LogP contribution in [0.4, 0.5) is 0 Å². The molecule has 1 aromatic carbocycles. The summed E-state index contributed by atoms with van der Waals surface area (Å²) in [6.45, 7) is 0.487. The molecule has 1 atom stereocenters. The van der Waals surface area contributed by atoms with Gasteiger partial charge in [0.15, 0.2) is 0 Å². The van der Waals surface area contributed by atoms with Gasteiger partial charge >= 0.3 is 5.97 Å². The van der Waals surface area contributed by atoms with Crippen molar-refractivity contribution in [2.45, 2.75) is 25.8 Å². The molecule has 1 aliphatic carbocycles. The van der Waals surface area contributed by atoms with Crippen molar-refractivity contribution in [1.82, 2.24) is 5.32 Å². The summed E-state index contributed by atoms with van der Waals surface area (Å²) in [7, 11) is 1.36. The molecule has 0 aliphatic heterocycles. The lowest BCUT2D eigenvalue weighted by molar-refractivity contribution is -0.125. The third-order valence-electron chi connectivity index (χ3n) is 3.48. The van der Waals surface area contributed by atoms with Gasteiger partial charge in [0.1, 0.15) is 0 Å². The Hall–Kier alpha value is -2.10. The highest BCUT2D eigenvalue weighted by Gasteiger charge is 2.18. The van der Waals surface area contributed by atoms with E-state index in [1.165, 1.54) is 7.11 Å². The van der Waals surface area contributed by atoms with Crippen molar-refractivity contribution in [2.75, 3.05) is 7.11 Å². The minimum Gasteiger partial charge on any atom is -0.465 e. The first-order valence-corrected chi connectivity index (χ1v) is 6.80. The molecule has 20 heavy (non-hydrogen) atoms. The molecule has 0 unspecified atom stereocenters. The van der Waals surface area contributed by atoms with E-state index in [4.69, 9.17) is 0 Å². The second-order valence-corrected chi connectivity index (χ2v) is 4.89. The standard InChI is InChI=1S/C16H19NO3/c1-20-16(19)14-9-7-12(8-10-14)11-17-15(18)13-5-3-2-4-6-13/h2-3,7-10,13H,4-6,11H2,1H3,(H,17,18)/t13-/m0/s1. The molecule has 106 valence electrons. The summed E-state index contributed by atoms with van der Waals surface area (Å²) in [6.07, 6.45) is 6.91. The van der Waals surface area contributed by atoms with Crippen molar-refractivity contribution in [1.29, 1.82) is 0 Å². The number of benzene rings is 1. The lowest BCUT2D eigenvalue weighted by Crippen LogP contribution is -2.30. The van der Waals surface area contributed by atoms with Crippen molar-refractivity contribution in [3.05, 3.63) is 47.5 Å². The fourth-order valence-corrected chi connectivity index (χ4v) is 2.24. The van der Waals surface area contributed by atoms with E-state index in [-0.39, 0.29) is 17.8 Å². The molecule has 0 saturated carbocycles. The molecular weight excluding hydrogens is 254 g/mol. The van der Waals surface area contributed by atoms with Crippen molar-refractivity contribution < 1.29 is 14.3 Å². The van der Waals surface area contributed by atoms with E-state index in [9.17, 15) is 9.59 Å². The highest BCUT2D eigenvalue weighted by molar-refractivity contribution is 5.89. The number of allylic oxidation sites excluding steroid dienone is 2. The lowest BCUT2D eigenvalue weighted by atomic mass is 9.93. The number of rotatable bonds is 4. The number of hydrogen-bond donors (Lipinski definition) is 1. The van der Waals surface area contributed by atoms with Gasteiger partial charge in [-0.3, -0.25) is 4.79 Å². The molecule has 0 heterocycles. The van der Waals surface area contributed by atoms with Gasteiger partial charge in [0.05, 0.1) is 12.7 Å². The first kappa shape index (κ1) is 14.3. The zero-order valence-electron chi connectivity index (χ0n) is 11.6. The normalized spacial score (nSPS) is 17.6. The van der Waals surface area contributed by atoms with E-state index in [1.807, 2.05) is 12.1 Å². The zero-order chi connectivity index (χ0) is 14.4. The average Bonchev–Trinajstić information content (AvgIpc) is 2.53. The maximum atomic E-state index is 12.0. The Morgan fingerprint density at radius 2 is 2.00 bits per heavy atom. The summed E-state index contributed by atoms with van der Waals surface area (Å²) in [5.41, 5.74) is 1.48. The van der Waals surface area contributed by atoms with Crippen LogP contribution in [0, 0.1) is 5.92 Å². The summed E-state index contributed by atoms with van der Waals surface area (Å²) in [5.74, 6) is -0.157. The van der Waals surface area contributed by atoms with Crippen molar-refractivity contribution >= 4 is 11.9 Å². The molecule has 0 fully saturated rings. The first-order valence-electron chi connectivity index (χ1n) is 6.80. The highest BCUT2D eigenvalue weighted by atomic mass is 16.5. The van der Waals surface area contributed by atoms with Gasteiger partial charge in [0.25, 0.3) is 0 Å². The van der Waals surface area contributed by atoms with E-state index >= 15 is 0 Å². The summed E-state index contributed by atoms with van der Waals surface area (Å²) < 4.78 is 4.64. The van der Waals surface area contributed by atoms with Crippen LogP contribution in [0.2, 0.25) is 0 Å². The van der Waals surface area contributed by atoms with Crippen LogP contribution >= 0.6 is 0 Å². The van der Waals surface area contributed by atoms with Crippen LogP contribution in [0.1, 0.15) is 35.2 Å². The van der Waals surface area contributed by atoms with Gasteiger partial charge in [-0.15, -0.1) is 0 Å². The summed E-state index contributed by atoms with van der Waals surface area (Å²) in [6, 6.07) is 7.06. The average molecular weight is 273 g/mol. The van der Waals surface area contributed by atoms with Crippen LogP contribution < -0.4 is 5.32 Å². The van der Waals surface area contributed by atoms with Crippen molar-refractivity contribution in [3.63, 3.8) is 0 Å². The van der Waals surface area contributed by atoms with Crippen LogP contribution in [-0.4, -0.2) is 19.0 Å². The Labute approximate surface area is 118 Å². The summed E-state index contributed by atoms with van der Waals surface area (Å²) in [4.78, 5) is 23.3. The molecule has 1 amide bonds. The molecule has 0 spiro atoms. The van der Waals surface area contributed by atoms with Crippen molar-refractivity contribution in [2.24, 2.45) is 5.92 Å². The van der Waals surface area contributed by atoms with E-state index in [2.05, 4.69) is 22.2 Å². The zero-order valence-corrected chi connectivity index (χ0v) is 11.6. The Kier molecular flexibility index (Phi) is 4.93. The van der Waals surface area contributed by atoms with Crippen LogP contribution in [-0.2, 0) is 16.1 Å². The number of esters is 1. The predicted molar refractivity (Wildman–Crippen MR) is 76.1 cm³/mol. The topological polar surface area (TPSA) is 55.4 Å². The minimum atomic E-state index is -0.352. The highest BCUT2D eigenvalue weighted by Crippen LogP contribution is 2.18. The molecule has 0 aromatic heterocycles. The van der Waals surface area contributed by atoms with Gasteiger partial charge in [-0.2, -0.15) is 0 Å². The van der Waals surface area contributed by atoms with E-state index in [0.29, 0.717) is 12.1 Å². The number of hydrogen-bond acceptors (Lipinski definition) is 3. The van der Waals surface area contributed by atoms with E-state index in [0.717, 1.165) is 24.8 Å². The van der Waals surface area contributed by atoms with Gasteiger partial charge in [0, 0.05) is 12.5 Å². The molecule has 4 nitrogen and oxygen atoms in total. The lowest BCUT2D eigenvalue weighted by Gasteiger charge is -2.17. The molecule has 2 rings (SSSR count). The number of nitrogens with one attached hydrogen (secondary N) is 1. The van der Waals surface area contributed by atoms with Crippen LogP contribution in [0.5, 0.6) is 0 Å². The fourth-order valence-electron chi connectivity index (χ4n) is 2.24. The Morgan fingerprint density at radius 1 is 1.25 bits per heavy atom. The molecular formula is C16H19NO3. The molecule has 0 bridgehead atoms. The van der Waals surface area contributed by atoms with Gasteiger partial charge in [-0.1, -0.05) is 24.3 Å². The Bertz CT molecular complexity index is 505. The van der Waals surface area contributed by atoms with Gasteiger partial charge in [-0.05, 0) is 37.0 Å². The number of methoxy groups -OCH3 is 1. The fraction of sp³-hybridized carbons (Fsp3) is 0.375. The van der Waals surface area contributed by atoms with E-state index in [1.54, 1.807) is 12.1 Å². The van der Waals surface area contributed by atoms with Crippen LogP contribution in [0.15, 0.2) is 36.4 Å². The molecule has 1 N–H and O–H groups in total. The predicted octanol–water partition coefficient (Wildman–Crippen LogP) is 2.45. The summed E-state index contributed by atoms with van der Waals surface area (Å²) in [5, 5.41) is 2.94. The number of carbonyl (C=O) groups excluding carboxylic acids is 2. The van der Waals surface area contributed by atoms with Crippen LogP contribution in [0.25, 0.3) is 0 Å². The maximum Gasteiger partial charge on any atom is 0.337 e. The Balaban J connectivity index is 1.86. The number of amides is 1. The molecule has 4 heteroatoms. The third kappa shape index (κ3) is 3.70. The molecule has 1 aliphatic rings. The monoisotopic (exact) mass is 273 g/mol. The SMILES string of the molecule is COC(=O)c1ccc(CNC(=O)[C@H]2CC=CCC2)cc1. The van der Waals surface area contributed by atoms with Gasteiger partial charge in [-0.25, -0.2) is 4.79 Å². The second kappa shape index (κ2) is 6.89. The largest absolute Gasteiger partial charge is 0.465 e. The Morgan fingerprint density at radius 3 is 2.60 bits per heavy atom. The molecule has 0 saturated heterocycles. The van der Waals surface area contributed by atoms with E-state index < -0.39 is 0 Å². The number of carbonyl (C=O) groups is 2. The quantitative estimate of drug-likeness (QED) is 0.677. The second-order valence-electron chi connectivity index (χ2n) is 4.89. The smallest absolute Gasteiger partial charge is 0.337 e. The summed E-state index contributed by atoms with van der Waals surface area (Å²) >= 11 is 0. The first-order chi connectivity index (χ1) is 9.70. The van der Waals surface area contributed by atoms with Crippen LogP contribution in [0.3, 0.4) is 0 Å². The molecule has 1 aromatic rings. The third-order valence-corrected chi connectivity index (χ3v) is 3.48.